The minimum Gasteiger partial charge on any atom is -0.478 e. The molecule has 0 bridgehead atoms. The normalized spacial score (nSPS) is 12.0. The molecular weight excluding hydrogens is 472 g/mol. The van der Waals surface area contributed by atoms with Crippen LogP contribution in [-0.4, -0.2) is 23.7 Å². The number of carbonyl (C=O) groups is 2. The van der Waals surface area contributed by atoms with Gasteiger partial charge in [0, 0.05) is 11.1 Å². The molecule has 0 fully saturated rings. The molecule has 0 spiro atoms. The van der Waals surface area contributed by atoms with Gasteiger partial charge in [-0.25, -0.2) is 9.59 Å². The topological polar surface area (TPSA) is 63.6 Å². The standard InChI is InChI=1S/C30H58O2.C4H6O2/c1-5-8-10-11-12-13-14-15-16-17-18-19-20-21-22-23-24-25-28(4)30(31)32-27-29(7-3)26-9-6-2;1-3(2)4(5)6/h25,29H,5-24,26-27H2,1-4H3;1H2,2H3,(H,5,6). The van der Waals surface area contributed by atoms with Crippen LogP contribution in [0.25, 0.3) is 0 Å². The van der Waals surface area contributed by atoms with Crippen LogP contribution in [0.1, 0.15) is 169 Å². The van der Waals surface area contributed by atoms with Crippen molar-refractivity contribution >= 4 is 11.9 Å². The predicted molar refractivity (Wildman–Crippen MR) is 165 cm³/mol. The van der Waals surface area contributed by atoms with Crippen LogP contribution in [-0.2, 0) is 14.3 Å². The Bertz CT molecular complexity index is 581. The lowest BCUT2D eigenvalue weighted by atomic mass is 10.0. The molecule has 0 aromatic rings. The maximum absolute atomic E-state index is 12.1. The van der Waals surface area contributed by atoms with Gasteiger partial charge in [-0.15, -0.1) is 0 Å². The third-order valence-corrected chi connectivity index (χ3v) is 7.19. The fourth-order valence-electron chi connectivity index (χ4n) is 4.30. The number of unbranched alkanes of at least 4 members (excludes halogenated alkanes) is 17. The maximum Gasteiger partial charge on any atom is 0.333 e. The first kappa shape index (κ1) is 38.6. The fourth-order valence-corrected chi connectivity index (χ4v) is 4.30. The minimum atomic E-state index is -0.935. The van der Waals surface area contributed by atoms with E-state index < -0.39 is 5.97 Å². The van der Waals surface area contributed by atoms with E-state index in [9.17, 15) is 9.59 Å². The van der Waals surface area contributed by atoms with Crippen molar-refractivity contribution in [1.82, 2.24) is 0 Å². The van der Waals surface area contributed by atoms with E-state index in [-0.39, 0.29) is 11.5 Å². The van der Waals surface area contributed by atoms with Crippen LogP contribution < -0.4 is 0 Å². The van der Waals surface area contributed by atoms with Gasteiger partial charge in [-0.05, 0) is 39.0 Å². The molecule has 0 heterocycles. The molecular formula is C34H64O4. The maximum atomic E-state index is 12.1. The van der Waals surface area contributed by atoms with Crippen molar-refractivity contribution in [3.05, 3.63) is 23.8 Å². The van der Waals surface area contributed by atoms with Crippen molar-refractivity contribution in [1.29, 1.82) is 0 Å². The van der Waals surface area contributed by atoms with E-state index in [2.05, 4.69) is 33.4 Å². The van der Waals surface area contributed by atoms with Crippen LogP contribution in [0.4, 0.5) is 0 Å². The highest BCUT2D eigenvalue weighted by molar-refractivity contribution is 5.87. The van der Waals surface area contributed by atoms with Gasteiger partial charge in [-0.3, -0.25) is 0 Å². The van der Waals surface area contributed by atoms with E-state index in [0.29, 0.717) is 12.5 Å². The van der Waals surface area contributed by atoms with Crippen molar-refractivity contribution in [2.45, 2.75) is 169 Å². The van der Waals surface area contributed by atoms with E-state index in [4.69, 9.17) is 9.84 Å². The monoisotopic (exact) mass is 536 g/mol. The van der Waals surface area contributed by atoms with Gasteiger partial charge in [0.25, 0.3) is 0 Å². The molecule has 0 aromatic heterocycles. The molecule has 0 aliphatic rings. The van der Waals surface area contributed by atoms with E-state index in [1.807, 2.05) is 6.92 Å². The Morgan fingerprint density at radius 1 is 0.711 bits per heavy atom. The Hall–Kier alpha value is -1.58. The van der Waals surface area contributed by atoms with Crippen LogP contribution in [0.5, 0.6) is 0 Å². The van der Waals surface area contributed by atoms with Gasteiger partial charge in [0.2, 0.25) is 0 Å². The molecule has 1 atom stereocenters. The molecule has 0 saturated heterocycles. The number of carboxylic acid groups (broad SMARTS) is 1. The van der Waals surface area contributed by atoms with Gasteiger partial charge < -0.3 is 9.84 Å². The van der Waals surface area contributed by atoms with E-state index in [1.54, 1.807) is 0 Å². The molecule has 0 saturated carbocycles. The average Bonchev–Trinajstić information content (AvgIpc) is 2.90. The summed E-state index contributed by atoms with van der Waals surface area (Å²) in [7, 11) is 0. The van der Waals surface area contributed by atoms with Crippen molar-refractivity contribution < 1.29 is 19.4 Å². The number of aliphatic carboxylic acids is 1. The molecule has 0 rings (SSSR count). The first-order valence-electron chi connectivity index (χ1n) is 16.0. The van der Waals surface area contributed by atoms with Crippen molar-refractivity contribution in [3.63, 3.8) is 0 Å². The van der Waals surface area contributed by atoms with Gasteiger partial charge in [0.1, 0.15) is 0 Å². The third kappa shape index (κ3) is 29.0. The van der Waals surface area contributed by atoms with Gasteiger partial charge in [-0.2, -0.15) is 0 Å². The molecule has 1 unspecified atom stereocenters. The zero-order chi connectivity index (χ0) is 28.9. The molecule has 0 radical (unpaired) electrons. The van der Waals surface area contributed by atoms with E-state index in [1.165, 1.54) is 129 Å². The van der Waals surface area contributed by atoms with Crippen molar-refractivity contribution in [3.8, 4) is 0 Å². The van der Waals surface area contributed by atoms with Crippen LogP contribution in [0.2, 0.25) is 0 Å². The summed E-state index contributed by atoms with van der Waals surface area (Å²) < 4.78 is 5.53. The number of hydrogen-bond donors (Lipinski definition) is 1. The fraction of sp³-hybridized carbons (Fsp3) is 0.824. The molecule has 4 nitrogen and oxygen atoms in total. The summed E-state index contributed by atoms with van der Waals surface area (Å²) in [4.78, 5) is 21.7. The Morgan fingerprint density at radius 3 is 1.47 bits per heavy atom. The zero-order valence-electron chi connectivity index (χ0n) is 26.1. The molecule has 1 N–H and O–H groups in total. The Balaban J connectivity index is 0. The number of esters is 1. The lowest BCUT2D eigenvalue weighted by Gasteiger charge is -2.14. The summed E-state index contributed by atoms with van der Waals surface area (Å²) in [6.07, 6.45) is 30.1. The van der Waals surface area contributed by atoms with Gasteiger partial charge in [-0.1, -0.05) is 149 Å². The summed E-state index contributed by atoms with van der Waals surface area (Å²) in [5.74, 6) is -0.529. The number of rotatable bonds is 25. The van der Waals surface area contributed by atoms with E-state index >= 15 is 0 Å². The van der Waals surface area contributed by atoms with Crippen LogP contribution in [0.15, 0.2) is 23.8 Å². The van der Waals surface area contributed by atoms with Gasteiger partial charge >= 0.3 is 11.9 Å². The molecule has 224 valence electrons. The predicted octanol–water partition coefficient (Wildman–Crippen LogP) is 11.0. The molecule has 38 heavy (non-hydrogen) atoms. The highest BCUT2D eigenvalue weighted by Gasteiger charge is 2.11. The number of hydrogen-bond acceptors (Lipinski definition) is 3. The van der Waals surface area contributed by atoms with Gasteiger partial charge in [0.05, 0.1) is 6.61 Å². The molecule has 0 aliphatic carbocycles. The van der Waals surface area contributed by atoms with Gasteiger partial charge in [0.15, 0.2) is 0 Å². The third-order valence-electron chi connectivity index (χ3n) is 7.19. The highest BCUT2D eigenvalue weighted by atomic mass is 16.5. The first-order chi connectivity index (χ1) is 18.3. The summed E-state index contributed by atoms with van der Waals surface area (Å²) in [5.41, 5.74) is 0.964. The van der Waals surface area contributed by atoms with Crippen LogP contribution in [0, 0.1) is 5.92 Å². The Labute approximate surface area is 237 Å². The Morgan fingerprint density at radius 2 is 1.11 bits per heavy atom. The zero-order valence-corrected chi connectivity index (χ0v) is 26.1. The molecule has 0 aliphatic heterocycles. The highest BCUT2D eigenvalue weighted by Crippen LogP contribution is 2.16. The largest absolute Gasteiger partial charge is 0.478 e. The van der Waals surface area contributed by atoms with Crippen molar-refractivity contribution in [2.75, 3.05) is 6.61 Å². The Kier molecular flexibility index (Phi) is 30.4. The molecule has 4 heteroatoms. The summed E-state index contributed by atoms with van der Waals surface area (Å²) in [6, 6.07) is 0. The van der Waals surface area contributed by atoms with Crippen LogP contribution in [0.3, 0.4) is 0 Å². The number of carboxylic acids is 1. The second-order valence-corrected chi connectivity index (χ2v) is 11.1. The van der Waals surface area contributed by atoms with Crippen LogP contribution >= 0.6 is 0 Å². The second kappa shape index (κ2) is 30.0. The summed E-state index contributed by atoms with van der Waals surface area (Å²) in [6.45, 7) is 13.8. The minimum absolute atomic E-state index is 0.114. The SMILES string of the molecule is C=C(C)C(=O)O.CCCCCCCCCCCCCCCCCCC=C(C)C(=O)OCC(CC)CCCC. The van der Waals surface area contributed by atoms with E-state index in [0.717, 1.165) is 18.4 Å². The first-order valence-corrected chi connectivity index (χ1v) is 16.0. The quantitative estimate of drug-likeness (QED) is 0.0716. The molecule has 0 amide bonds. The smallest absolute Gasteiger partial charge is 0.333 e. The van der Waals surface area contributed by atoms with Crippen molar-refractivity contribution in [2.24, 2.45) is 5.92 Å². The lowest BCUT2D eigenvalue weighted by Crippen LogP contribution is -2.14. The number of ether oxygens (including phenoxy) is 1. The number of allylic oxidation sites excluding steroid dienone is 1. The second-order valence-electron chi connectivity index (χ2n) is 11.1. The average molecular weight is 537 g/mol. The molecule has 0 aromatic carbocycles. The summed E-state index contributed by atoms with van der Waals surface area (Å²) in [5, 5.41) is 7.89. The lowest BCUT2D eigenvalue weighted by molar-refractivity contribution is -0.140. The summed E-state index contributed by atoms with van der Waals surface area (Å²) >= 11 is 0. The number of carbonyl (C=O) groups excluding carboxylic acids is 1.